The highest BCUT2D eigenvalue weighted by Gasteiger charge is 2.31. The first-order chi connectivity index (χ1) is 11.8. The number of alkyl halides is 3. The molecular weight excluding hydrogens is 351 g/mol. The zero-order chi connectivity index (χ0) is 18.4. The molecular formula is C17H22F3N3OS. The van der Waals surface area contributed by atoms with Crippen molar-refractivity contribution in [1.82, 2.24) is 15.5 Å². The Morgan fingerprint density at radius 2 is 2.16 bits per heavy atom. The van der Waals surface area contributed by atoms with E-state index in [9.17, 15) is 18.0 Å². The monoisotopic (exact) mass is 373 g/mol. The largest absolute Gasteiger partial charge is 0.416 e. The lowest BCUT2D eigenvalue weighted by molar-refractivity contribution is -0.137. The summed E-state index contributed by atoms with van der Waals surface area (Å²) in [7, 11) is 0. The van der Waals surface area contributed by atoms with E-state index in [1.807, 2.05) is 0 Å². The predicted molar refractivity (Wildman–Crippen MR) is 94.6 cm³/mol. The van der Waals surface area contributed by atoms with Crippen LogP contribution in [0.1, 0.15) is 35.7 Å². The fourth-order valence-corrected chi connectivity index (χ4v) is 3.09. The number of thiocarbonyl (C=S) groups is 1. The van der Waals surface area contributed by atoms with Crippen LogP contribution in [0.5, 0.6) is 0 Å². The summed E-state index contributed by atoms with van der Waals surface area (Å²) in [6.07, 6.45) is -2.38. The number of rotatable bonds is 6. The van der Waals surface area contributed by atoms with Gasteiger partial charge in [-0.1, -0.05) is 25.2 Å². The molecule has 138 valence electrons. The summed E-state index contributed by atoms with van der Waals surface area (Å²) in [4.78, 5) is 14.9. The van der Waals surface area contributed by atoms with Crippen molar-refractivity contribution in [2.24, 2.45) is 0 Å². The zero-order valence-electron chi connectivity index (χ0n) is 14.0. The van der Waals surface area contributed by atoms with Crippen LogP contribution < -0.4 is 10.6 Å². The van der Waals surface area contributed by atoms with Crippen LogP contribution in [0.15, 0.2) is 24.3 Å². The number of hydrogen-bond acceptors (Lipinski definition) is 3. The number of likely N-dealkylation sites (tertiary alicyclic amines) is 1. The van der Waals surface area contributed by atoms with Crippen LogP contribution in [0.4, 0.5) is 13.2 Å². The number of hydrogen-bond donors (Lipinski definition) is 2. The highest BCUT2D eigenvalue weighted by atomic mass is 32.1. The van der Waals surface area contributed by atoms with Gasteiger partial charge in [-0.2, -0.15) is 13.2 Å². The molecule has 1 fully saturated rings. The maximum Gasteiger partial charge on any atom is 0.416 e. The van der Waals surface area contributed by atoms with Crippen LogP contribution in [0.25, 0.3) is 0 Å². The van der Waals surface area contributed by atoms with E-state index in [4.69, 9.17) is 12.2 Å². The molecule has 0 unspecified atom stereocenters. The number of carbonyl (C=O) groups is 1. The standard InChI is InChI=1S/C17H22F3N3OS/c1-2-7-23-8-6-14(11-23)22-15(25)10-21-16(24)12-4-3-5-13(9-12)17(18,19)20/h3-5,9,14H,2,6-8,10-11H2,1H3,(H,21,24)(H,22,25)/t14-/m1/s1. The van der Waals surface area contributed by atoms with Gasteiger partial charge in [0, 0.05) is 24.7 Å². The van der Waals surface area contributed by atoms with E-state index in [0.717, 1.165) is 44.6 Å². The van der Waals surface area contributed by atoms with Gasteiger partial charge in [-0.05, 0) is 37.6 Å². The third kappa shape index (κ3) is 5.97. The normalized spacial score (nSPS) is 18.2. The quantitative estimate of drug-likeness (QED) is 0.753. The first-order valence-corrected chi connectivity index (χ1v) is 8.67. The summed E-state index contributed by atoms with van der Waals surface area (Å²) < 4.78 is 38.1. The molecule has 2 rings (SSSR count). The first-order valence-electron chi connectivity index (χ1n) is 8.26. The van der Waals surface area contributed by atoms with Crippen molar-refractivity contribution in [3.8, 4) is 0 Å². The molecule has 1 saturated heterocycles. The first kappa shape index (κ1) is 19.7. The summed E-state index contributed by atoms with van der Waals surface area (Å²) in [5.74, 6) is -0.575. The lowest BCUT2D eigenvalue weighted by Gasteiger charge is -2.17. The Hall–Kier alpha value is -1.67. The van der Waals surface area contributed by atoms with Crippen molar-refractivity contribution in [3.05, 3.63) is 35.4 Å². The van der Waals surface area contributed by atoms with Crippen LogP contribution in [0.2, 0.25) is 0 Å². The molecule has 0 radical (unpaired) electrons. The molecule has 1 aliphatic heterocycles. The zero-order valence-corrected chi connectivity index (χ0v) is 14.8. The van der Waals surface area contributed by atoms with Gasteiger partial charge in [-0.15, -0.1) is 0 Å². The topological polar surface area (TPSA) is 44.4 Å². The molecule has 1 aliphatic rings. The van der Waals surface area contributed by atoms with Crippen molar-refractivity contribution < 1.29 is 18.0 Å². The molecule has 2 N–H and O–H groups in total. The Labute approximate surface area is 150 Å². The molecule has 1 amide bonds. The van der Waals surface area contributed by atoms with Crippen LogP contribution >= 0.6 is 12.2 Å². The second kappa shape index (κ2) is 8.62. The van der Waals surface area contributed by atoms with E-state index in [1.165, 1.54) is 12.1 Å². The highest BCUT2D eigenvalue weighted by Crippen LogP contribution is 2.29. The van der Waals surface area contributed by atoms with Crippen molar-refractivity contribution in [1.29, 1.82) is 0 Å². The van der Waals surface area contributed by atoms with E-state index in [1.54, 1.807) is 0 Å². The van der Waals surface area contributed by atoms with E-state index in [2.05, 4.69) is 22.5 Å². The second-order valence-corrected chi connectivity index (χ2v) is 6.61. The number of nitrogens with zero attached hydrogens (tertiary/aromatic N) is 1. The van der Waals surface area contributed by atoms with Crippen molar-refractivity contribution in [2.45, 2.75) is 32.0 Å². The fraction of sp³-hybridized carbons (Fsp3) is 0.529. The third-order valence-corrected chi connectivity index (χ3v) is 4.30. The van der Waals surface area contributed by atoms with Gasteiger partial charge >= 0.3 is 6.18 Å². The van der Waals surface area contributed by atoms with Crippen LogP contribution in [0.3, 0.4) is 0 Å². The van der Waals surface area contributed by atoms with Gasteiger partial charge in [0.2, 0.25) is 0 Å². The summed E-state index contributed by atoms with van der Waals surface area (Å²) in [5.41, 5.74) is -0.879. The van der Waals surface area contributed by atoms with Crippen LogP contribution in [0, 0.1) is 0 Å². The minimum atomic E-state index is -4.47. The smallest absolute Gasteiger partial charge is 0.374 e. The van der Waals surface area contributed by atoms with Crippen LogP contribution in [-0.4, -0.2) is 48.0 Å². The summed E-state index contributed by atoms with van der Waals surface area (Å²) in [5, 5.41) is 5.77. The average molecular weight is 373 g/mol. The van der Waals surface area contributed by atoms with Gasteiger partial charge < -0.3 is 15.5 Å². The molecule has 0 aromatic heterocycles. The van der Waals surface area contributed by atoms with Gasteiger partial charge in [0.25, 0.3) is 5.91 Å². The van der Waals surface area contributed by atoms with Crippen LogP contribution in [-0.2, 0) is 6.18 Å². The lowest BCUT2D eigenvalue weighted by atomic mass is 10.1. The molecule has 0 aliphatic carbocycles. The van der Waals surface area contributed by atoms with E-state index in [-0.39, 0.29) is 18.2 Å². The Morgan fingerprint density at radius 3 is 2.84 bits per heavy atom. The molecule has 1 aromatic carbocycles. The summed E-state index contributed by atoms with van der Waals surface area (Å²) in [6.45, 7) is 5.22. The second-order valence-electron chi connectivity index (χ2n) is 6.11. The fourth-order valence-electron chi connectivity index (χ4n) is 2.85. The Kier molecular flexibility index (Phi) is 6.78. The van der Waals surface area contributed by atoms with Gasteiger partial charge in [0.1, 0.15) is 0 Å². The number of nitrogens with one attached hydrogen (secondary N) is 2. The van der Waals surface area contributed by atoms with Crippen molar-refractivity contribution >= 4 is 23.1 Å². The third-order valence-electron chi connectivity index (χ3n) is 4.04. The van der Waals surface area contributed by atoms with E-state index in [0.29, 0.717) is 4.99 Å². The molecule has 0 spiro atoms. The Bertz CT molecular complexity index is 621. The van der Waals surface area contributed by atoms with Gasteiger partial charge in [-0.3, -0.25) is 4.79 Å². The Balaban J connectivity index is 1.81. The van der Waals surface area contributed by atoms with Gasteiger partial charge in [0.05, 0.1) is 17.1 Å². The number of carbonyl (C=O) groups excluding carboxylic acids is 1. The summed E-state index contributed by atoms with van der Waals surface area (Å²) in [6, 6.07) is 4.59. The molecule has 1 atom stereocenters. The predicted octanol–water partition coefficient (Wildman–Crippen LogP) is 2.84. The van der Waals surface area contributed by atoms with E-state index < -0.39 is 17.6 Å². The number of amides is 1. The molecule has 1 heterocycles. The molecule has 4 nitrogen and oxygen atoms in total. The molecule has 25 heavy (non-hydrogen) atoms. The van der Waals surface area contributed by atoms with Gasteiger partial charge in [0.15, 0.2) is 0 Å². The Morgan fingerprint density at radius 1 is 1.40 bits per heavy atom. The van der Waals surface area contributed by atoms with E-state index >= 15 is 0 Å². The highest BCUT2D eigenvalue weighted by molar-refractivity contribution is 7.80. The maximum absolute atomic E-state index is 12.7. The SMILES string of the molecule is CCCN1CC[C@@H](NC(=S)CNC(=O)c2cccc(C(F)(F)F)c2)C1. The van der Waals surface area contributed by atoms with Crippen molar-refractivity contribution in [3.63, 3.8) is 0 Å². The molecule has 0 saturated carbocycles. The lowest BCUT2D eigenvalue weighted by Crippen LogP contribution is -2.42. The number of benzene rings is 1. The molecule has 0 bridgehead atoms. The maximum atomic E-state index is 12.7. The minimum absolute atomic E-state index is 0.0346. The average Bonchev–Trinajstić information content (AvgIpc) is 2.99. The minimum Gasteiger partial charge on any atom is -0.374 e. The van der Waals surface area contributed by atoms with Gasteiger partial charge in [-0.25, -0.2) is 0 Å². The molecule has 8 heteroatoms. The number of halogens is 3. The molecule has 1 aromatic rings. The van der Waals surface area contributed by atoms with Crippen molar-refractivity contribution in [2.75, 3.05) is 26.2 Å². The summed E-state index contributed by atoms with van der Waals surface area (Å²) >= 11 is 5.22.